The second-order valence-corrected chi connectivity index (χ2v) is 13.1. The van der Waals surface area contributed by atoms with E-state index in [-0.39, 0.29) is 46.6 Å². The third-order valence-electron chi connectivity index (χ3n) is 9.95. The molecule has 3 atom stereocenters. The number of aromatic nitrogens is 4. The number of nitrogens with zero attached hydrogens (tertiary/aromatic N) is 2. The van der Waals surface area contributed by atoms with Gasteiger partial charge in [-0.25, -0.2) is 9.78 Å². The number of nitrogens with one attached hydrogen (secondary N) is 3. The molecular weight excluding hydrogens is 670 g/mol. The average molecular weight is 710 g/mol. The molecule has 0 saturated carbocycles. The van der Waals surface area contributed by atoms with Crippen LogP contribution in [0.2, 0.25) is 0 Å². The fourth-order valence-corrected chi connectivity index (χ4v) is 7.14. The zero-order valence-electron chi connectivity index (χ0n) is 29.4. The summed E-state index contributed by atoms with van der Waals surface area (Å²) in [6, 6.07) is 3.71. The van der Waals surface area contributed by atoms with Gasteiger partial charge in [-0.05, 0) is 80.5 Å². The molecule has 272 valence electrons. The second-order valence-electron chi connectivity index (χ2n) is 13.1. The van der Waals surface area contributed by atoms with Crippen molar-refractivity contribution < 1.29 is 44.4 Å². The van der Waals surface area contributed by atoms with Crippen molar-refractivity contribution >= 4 is 69.1 Å². The van der Waals surface area contributed by atoms with Crippen LogP contribution in [0.15, 0.2) is 24.8 Å². The van der Waals surface area contributed by atoms with Crippen molar-refractivity contribution in [2.24, 2.45) is 0 Å². The lowest BCUT2D eigenvalue weighted by Crippen LogP contribution is -2.43. The van der Waals surface area contributed by atoms with Gasteiger partial charge in [0.2, 0.25) is 5.91 Å². The Labute approximate surface area is 298 Å². The van der Waals surface area contributed by atoms with Crippen LogP contribution in [0.25, 0.3) is 39.3 Å². The number of aryl methyl sites for hydroxylation is 3. The SMILES string of the molecule is C=Cc1c(C)c2cc3nc(c(CC(=O)N[C@@H](CC(=O)O)C(=O)O)c4nc(cc5[nH]c(cc1[nH]2)c(C)c5CC)C(C)=C4C(=O)[O-])[C@@H](CCC(=O)[O-])[C@@H]3C. The first-order valence-electron chi connectivity index (χ1n) is 16.8. The van der Waals surface area contributed by atoms with Gasteiger partial charge in [-0.2, -0.15) is 0 Å². The van der Waals surface area contributed by atoms with Gasteiger partial charge in [-0.1, -0.05) is 26.5 Å². The Morgan fingerprint density at radius 1 is 0.962 bits per heavy atom. The zero-order valence-corrected chi connectivity index (χ0v) is 29.4. The highest BCUT2D eigenvalue weighted by Gasteiger charge is 2.35. The van der Waals surface area contributed by atoms with Gasteiger partial charge in [-0.3, -0.25) is 14.6 Å². The van der Waals surface area contributed by atoms with Crippen LogP contribution in [0.3, 0.4) is 0 Å². The molecule has 0 fully saturated rings. The van der Waals surface area contributed by atoms with Crippen molar-refractivity contribution in [1.82, 2.24) is 25.3 Å². The standard InChI is InChI=1S/C38H41N5O9/c1-7-20-16(3)24-12-26-18(5)22(9-10-32(45)46)35(42-26)23(11-31(44)41-30(37(49)50)15-33(47)48)36-34(38(51)52)19(6)27(43-36)14-29-21(8-2)17(4)25(40-29)13-28(20)39-24/h7,12-14,18,22,30,39-40H,1,8-11,15H2,2-6H3,(H,41,44)(H,45,46)(H,47,48)(H,49,50)(H,51,52)/p-2/t18-,22-,30-/m0/s1. The molecule has 0 radical (unpaired) electrons. The Hall–Kier alpha value is -6.05. The van der Waals surface area contributed by atoms with Crippen molar-refractivity contribution in [3.63, 3.8) is 0 Å². The van der Waals surface area contributed by atoms with E-state index >= 15 is 0 Å². The Morgan fingerprint density at radius 3 is 2.23 bits per heavy atom. The molecule has 8 bridgehead atoms. The maximum Gasteiger partial charge on any atom is 0.326 e. The van der Waals surface area contributed by atoms with Crippen LogP contribution < -0.4 is 15.5 Å². The van der Waals surface area contributed by atoms with Gasteiger partial charge in [-0.15, -0.1) is 0 Å². The first-order chi connectivity index (χ1) is 24.6. The van der Waals surface area contributed by atoms with Crippen LogP contribution in [-0.4, -0.2) is 66.0 Å². The van der Waals surface area contributed by atoms with Crippen molar-refractivity contribution in [3.05, 3.63) is 75.4 Å². The van der Waals surface area contributed by atoms with E-state index in [1.54, 1.807) is 19.1 Å². The number of rotatable bonds is 12. The van der Waals surface area contributed by atoms with Crippen LogP contribution in [0.5, 0.6) is 0 Å². The van der Waals surface area contributed by atoms with Gasteiger partial charge in [0.25, 0.3) is 0 Å². The van der Waals surface area contributed by atoms with E-state index in [0.717, 1.165) is 33.3 Å². The van der Waals surface area contributed by atoms with Gasteiger partial charge in [0, 0.05) is 62.3 Å². The Kier molecular flexibility index (Phi) is 10.5. The number of carboxylic acids is 4. The van der Waals surface area contributed by atoms with E-state index in [0.29, 0.717) is 23.1 Å². The van der Waals surface area contributed by atoms with Crippen LogP contribution in [0.4, 0.5) is 0 Å². The van der Waals surface area contributed by atoms with Gasteiger partial charge in [0.15, 0.2) is 0 Å². The van der Waals surface area contributed by atoms with Gasteiger partial charge < -0.3 is 45.3 Å². The molecule has 14 nitrogen and oxygen atoms in total. The number of hydrogen-bond acceptors (Lipinski definition) is 9. The molecule has 3 aromatic rings. The van der Waals surface area contributed by atoms with E-state index in [1.165, 1.54) is 0 Å². The lowest BCUT2D eigenvalue weighted by atomic mass is 9.84. The van der Waals surface area contributed by atoms with Gasteiger partial charge in [0.1, 0.15) is 6.04 Å². The summed E-state index contributed by atoms with van der Waals surface area (Å²) in [4.78, 5) is 77.9. The third-order valence-corrected chi connectivity index (χ3v) is 9.95. The number of amides is 1. The smallest absolute Gasteiger partial charge is 0.326 e. The Morgan fingerprint density at radius 2 is 1.63 bits per heavy atom. The maximum absolute atomic E-state index is 13.6. The number of carbonyl (C=O) groups excluding carboxylic acids is 3. The van der Waals surface area contributed by atoms with Gasteiger partial charge >= 0.3 is 11.9 Å². The molecular formula is C38H39N5O9-2. The molecule has 0 spiro atoms. The summed E-state index contributed by atoms with van der Waals surface area (Å²) in [5.41, 5.74) is 7.32. The van der Waals surface area contributed by atoms with Crippen LogP contribution in [0.1, 0.15) is 102 Å². The summed E-state index contributed by atoms with van der Waals surface area (Å²) in [5.74, 6) is -8.00. The molecule has 0 aliphatic carbocycles. The number of fused-ring (bicyclic) bond motifs is 8. The van der Waals surface area contributed by atoms with E-state index in [4.69, 9.17) is 9.97 Å². The van der Waals surface area contributed by atoms with Gasteiger partial charge in [0.05, 0.1) is 35.9 Å². The Bertz CT molecular complexity index is 2240. The van der Waals surface area contributed by atoms with E-state index < -0.39 is 60.5 Å². The summed E-state index contributed by atoms with van der Waals surface area (Å²) in [7, 11) is 0. The van der Waals surface area contributed by atoms with Crippen LogP contribution >= 0.6 is 0 Å². The number of aromatic amines is 2. The molecule has 52 heavy (non-hydrogen) atoms. The summed E-state index contributed by atoms with van der Waals surface area (Å²) >= 11 is 0. The van der Waals surface area contributed by atoms with E-state index in [2.05, 4.69) is 21.9 Å². The summed E-state index contributed by atoms with van der Waals surface area (Å²) in [6.07, 6.45) is 0.430. The zero-order chi connectivity index (χ0) is 38.2. The highest BCUT2D eigenvalue weighted by atomic mass is 16.4. The van der Waals surface area contributed by atoms with Crippen molar-refractivity contribution in [3.8, 4) is 0 Å². The lowest BCUT2D eigenvalue weighted by molar-refractivity contribution is -0.306. The highest BCUT2D eigenvalue weighted by molar-refractivity contribution is 6.23. The van der Waals surface area contributed by atoms with Crippen molar-refractivity contribution in [1.29, 1.82) is 0 Å². The third kappa shape index (κ3) is 7.09. The molecule has 5 heterocycles. The molecule has 3 aromatic heterocycles. The molecule has 0 unspecified atom stereocenters. The number of aliphatic carboxylic acids is 4. The quantitative estimate of drug-likeness (QED) is 0.183. The topological polar surface area (TPSA) is 241 Å². The Balaban J connectivity index is 1.96. The molecule has 5 rings (SSSR count). The minimum Gasteiger partial charge on any atom is -0.550 e. The lowest BCUT2D eigenvalue weighted by Gasteiger charge is -2.20. The fraction of sp³-hybridized carbons (Fsp3) is 0.342. The molecule has 14 heteroatoms. The normalized spacial score (nSPS) is 16.0. The van der Waals surface area contributed by atoms with Crippen LogP contribution in [-0.2, 0) is 36.8 Å². The molecule has 0 saturated heterocycles. The fourth-order valence-electron chi connectivity index (χ4n) is 7.14. The molecule has 1 amide bonds. The average Bonchev–Trinajstić information content (AvgIpc) is 3.74. The summed E-state index contributed by atoms with van der Waals surface area (Å²) < 4.78 is 0. The maximum atomic E-state index is 13.6. The first kappa shape index (κ1) is 37.2. The molecule has 2 aliphatic rings. The number of H-pyrrole nitrogens is 2. The minimum absolute atomic E-state index is 0.00558. The van der Waals surface area contributed by atoms with Crippen molar-refractivity contribution in [2.45, 2.75) is 84.6 Å². The largest absolute Gasteiger partial charge is 0.550 e. The highest BCUT2D eigenvalue weighted by Crippen LogP contribution is 2.43. The predicted molar refractivity (Wildman–Crippen MR) is 188 cm³/mol. The van der Waals surface area contributed by atoms with E-state index in [1.807, 2.05) is 39.8 Å². The number of carboxylic acid groups (broad SMARTS) is 4. The van der Waals surface area contributed by atoms with Crippen LogP contribution in [0, 0.1) is 13.8 Å². The van der Waals surface area contributed by atoms with E-state index in [9.17, 15) is 44.4 Å². The number of carbonyl (C=O) groups is 5. The number of hydrogen-bond donors (Lipinski definition) is 5. The molecule has 0 aromatic carbocycles. The first-order valence-corrected chi connectivity index (χ1v) is 16.8. The molecule has 2 aliphatic heterocycles. The molecule has 5 N–H and O–H groups in total. The predicted octanol–water partition coefficient (Wildman–Crippen LogP) is 2.82. The second kappa shape index (κ2) is 14.7. The number of allylic oxidation sites excluding steroid dienone is 1. The monoisotopic (exact) mass is 709 g/mol. The summed E-state index contributed by atoms with van der Waals surface area (Å²) in [5, 5.41) is 45.7. The summed E-state index contributed by atoms with van der Waals surface area (Å²) in [6.45, 7) is 13.3. The minimum atomic E-state index is -1.79. The van der Waals surface area contributed by atoms with Crippen molar-refractivity contribution in [2.75, 3.05) is 0 Å².